The maximum atomic E-state index is 5.97. The highest BCUT2D eigenvalue weighted by atomic mass is 35.5. The van der Waals surface area contributed by atoms with Gasteiger partial charge in [-0.2, -0.15) is 4.57 Å². The van der Waals surface area contributed by atoms with Crippen LogP contribution in [0.1, 0.15) is 121 Å². The molecule has 1 aromatic heterocycles. The predicted octanol–water partition coefficient (Wildman–Crippen LogP) is 6.90. The van der Waals surface area contributed by atoms with Crippen molar-refractivity contribution >= 4 is 10.8 Å². The number of unbranched alkanes of at least 4 members (excludes halogenated alkanes) is 15. The molecule has 0 saturated carbocycles. The van der Waals surface area contributed by atoms with Crippen molar-refractivity contribution in [2.45, 2.75) is 129 Å². The molecule has 6 heteroatoms. The van der Waals surface area contributed by atoms with Gasteiger partial charge in [-0.1, -0.05) is 103 Å². The Morgan fingerprint density at radius 3 is 1.89 bits per heavy atom. The third-order valence-corrected chi connectivity index (χ3v) is 9.52. The molecule has 0 bridgehead atoms. The van der Waals surface area contributed by atoms with Crippen LogP contribution in [0.2, 0.25) is 0 Å². The number of benzene rings is 2. The first-order valence-corrected chi connectivity index (χ1v) is 17.3. The molecule has 0 radical (unpaired) electrons. The Morgan fingerprint density at radius 2 is 1.30 bits per heavy atom. The molecule has 3 heterocycles. The smallest absolute Gasteiger partial charge is 0.231 e. The highest BCUT2D eigenvalue weighted by Gasteiger charge is 2.32. The molecular weight excluding hydrogens is 570 g/mol. The van der Waals surface area contributed by atoms with Crippen LogP contribution in [0.25, 0.3) is 22.0 Å². The van der Waals surface area contributed by atoms with E-state index in [1.807, 2.05) is 6.07 Å². The second-order valence-corrected chi connectivity index (χ2v) is 12.6. The van der Waals surface area contributed by atoms with Crippen LogP contribution in [0.3, 0.4) is 0 Å². The number of halogens is 1. The average Bonchev–Trinajstić information content (AvgIpc) is 3.50. The van der Waals surface area contributed by atoms with E-state index in [-0.39, 0.29) is 12.4 Å². The number of nitrogens with zero attached hydrogens (tertiary/aromatic N) is 1. The summed E-state index contributed by atoms with van der Waals surface area (Å²) in [5, 5.41) is 2.39. The van der Waals surface area contributed by atoms with Gasteiger partial charge < -0.3 is 31.4 Å². The Hall–Kier alpha value is -2.66. The lowest BCUT2D eigenvalue weighted by atomic mass is 9.92. The van der Waals surface area contributed by atoms with E-state index in [4.69, 9.17) is 18.9 Å². The van der Waals surface area contributed by atoms with E-state index in [1.54, 1.807) is 14.2 Å². The normalized spacial score (nSPS) is 13.0. The third-order valence-electron chi connectivity index (χ3n) is 9.52. The number of hydrogen-bond acceptors (Lipinski definition) is 4. The average molecular weight is 624 g/mol. The molecule has 0 fully saturated rings. The van der Waals surface area contributed by atoms with Crippen molar-refractivity contribution in [1.29, 1.82) is 0 Å². The third kappa shape index (κ3) is 8.33. The van der Waals surface area contributed by atoms with E-state index >= 15 is 0 Å². The van der Waals surface area contributed by atoms with Crippen molar-refractivity contribution in [1.82, 2.24) is 0 Å². The van der Waals surface area contributed by atoms with E-state index in [1.165, 1.54) is 136 Å². The van der Waals surface area contributed by atoms with Gasteiger partial charge in [0.2, 0.25) is 12.5 Å². The fourth-order valence-electron chi connectivity index (χ4n) is 7.11. The minimum Gasteiger partial charge on any atom is -1.00 e. The molecule has 2 aliphatic heterocycles. The van der Waals surface area contributed by atoms with Crippen molar-refractivity contribution in [3.05, 3.63) is 41.6 Å². The van der Waals surface area contributed by atoms with E-state index in [2.05, 4.69) is 35.8 Å². The molecule has 0 spiro atoms. The minimum atomic E-state index is 0. The lowest BCUT2D eigenvalue weighted by Gasteiger charge is -2.20. The molecule has 0 atom stereocenters. The maximum absolute atomic E-state index is 5.97. The van der Waals surface area contributed by atoms with Gasteiger partial charge in [-0.05, 0) is 41.6 Å². The Balaban J connectivity index is 0.00000442. The number of hydrogen-bond donors (Lipinski definition) is 0. The summed E-state index contributed by atoms with van der Waals surface area (Å²) < 4.78 is 25.7. The van der Waals surface area contributed by atoms with E-state index < -0.39 is 0 Å². The standard InChI is InChI=1S/C38H54NO4.ClH/c1-4-5-6-7-8-9-10-11-12-13-14-15-16-17-18-19-20-32-37-30(21-22-34(40-2)38(37)41-3)25-33-31-27-36-35(42-28-43-36)26-29(31)23-24-39(32)33;/h21-22,25-27H,4-20,23-24,28H2,1-3H3;1H/q+1;/p-1. The fraction of sp³-hybridized carbons (Fsp3) is 0.605. The highest BCUT2D eigenvalue weighted by Crippen LogP contribution is 2.43. The Kier molecular flexibility index (Phi) is 13.8. The van der Waals surface area contributed by atoms with Gasteiger partial charge in [-0.15, -0.1) is 0 Å². The van der Waals surface area contributed by atoms with Crippen molar-refractivity contribution in [2.75, 3.05) is 21.0 Å². The topological polar surface area (TPSA) is 40.8 Å². The molecule has 5 nitrogen and oxygen atoms in total. The molecule has 0 amide bonds. The number of aryl methyl sites for hydroxylation is 2. The molecule has 0 saturated heterocycles. The Morgan fingerprint density at radius 1 is 0.705 bits per heavy atom. The maximum Gasteiger partial charge on any atom is 0.231 e. The zero-order valence-corrected chi connectivity index (χ0v) is 28.2. The molecule has 5 rings (SSSR count). The highest BCUT2D eigenvalue weighted by molar-refractivity contribution is 5.94. The number of ether oxygens (including phenoxy) is 4. The molecular formula is C38H54ClNO4. The van der Waals surface area contributed by atoms with Crippen LogP contribution < -0.4 is 35.9 Å². The van der Waals surface area contributed by atoms with E-state index in [9.17, 15) is 0 Å². The van der Waals surface area contributed by atoms with Crippen LogP contribution in [-0.4, -0.2) is 21.0 Å². The van der Waals surface area contributed by atoms with Gasteiger partial charge in [0, 0.05) is 18.9 Å². The van der Waals surface area contributed by atoms with Crippen molar-refractivity contribution in [3.8, 4) is 34.3 Å². The Bertz CT molecular complexity index is 1340. The van der Waals surface area contributed by atoms with Crippen LogP contribution in [0.15, 0.2) is 30.3 Å². The van der Waals surface area contributed by atoms with Gasteiger partial charge in [-0.25, -0.2) is 0 Å². The predicted molar refractivity (Wildman–Crippen MR) is 176 cm³/mol. The van der Waals surface area contributed by atoms with Gasteiger partial charge in [0.05, 0.1) is 25.2 Å². The second-order valence-electron chi connectivity index (χ2n) is 12.6. The van der Waals surface area contributed by atoms with Crippen molar-refractivity contribution in [2.24, 2.45) is 0 Å². The molecule has 2 aromatic carbocycles. The summed E-state index contributed by atoms with van der Waals surface area (Å²) in [6, 6.07) is 10.9. The van der Waals surface area contributed by atoms with E-state index in [0.717, 1.165) is 42.4 Å². The zero-order chi connectivity index (χ0) is 29.9. The summed E-state index contributed by atoms with van der Waals surface area (Å²) >= 11 is 0. The first-order chi connectivity index (χ1) is 21.2. The lowest BCUT2D eigenvalue weighted by molar-refractivity contribution is -0.693. The van der Waals surface area contributed by atoms with Crippen LogP contribution in [0.4, 0.5) is 0 Å². The number of methoxy groups -OCH3 is 2. The number of pyridine rings is 1. The monoisotopic (exact) mass is 623 g/mol. The van der Waals surface area contributed by atoms with Crippen LogP contribution in [-0.2, 0) is 19.4 Å². The molecule has 44 heavy (non-hydrogen) atoms. The summed E-state index contributed by atoms with van der Waals surface area (Å²) in [7, 11) is 3.49. The lowest BCUT2D eigenvalue weighted by Crippen LogP contribution is -3.00. The van der Waals surface area contributed by atoms with Gasteiger partial charge in [0.25, 0.3) is 0 Å². The minimum absolute atomic E-state index is 0. The quantitative estimate of drug-likeness (QED) is 0.108. The number of fused-ring (bicyclic) bond motifs is 5. The summed E-state index contributed by atoms with van der Waals surface area (Å²) in [4.78, 5) is 0. The molecule has 0 N–H and O–H groups in total. The van der Waals surface area contributed by atoms with Gasteiger partial charge in [0.15, 0.2) is 35.2 Å². The van der Waals surface area contributed by atoms with Crippen molar-refractivity contribution in [3.63, 3.8) is 0 Å². The van der Waals surface area contributed by atoms with E-state index in [0.29, 0.717) is 6.79 Å². The summed E-state index contributed by atoms with van der Waals surface area (Å²) in [6.07, 6.45) is 24.2. The summed E-state index contributed by atoms with van der Waals surface area (Å²) in [5.74, 6) is 3.35. The van der Waals surface area contributed by atoms with Gasteiger partial charge >= 0.3 is 0 Å². The number of aromatic nitrogens is 1. The zero-order valence-electron chi connectivity index (χ0n) is 27.5. The first kappa shape index (κ1) is 34.2. The van der Waals surface area contributed by atoms with Crippen LogP contribution in [0, 0.1) is 0 Å². The summed E-state index contributed by atoms with van der Waals surface area (Å²) in [6.45, 7) is 3.55. The molecule has 3 aromatic rings. The Labute approximate surface area is 272 Å². The molecule has 2 aliphatic rings. The largest absolute Gasteiger partial charge is 1.00 e. The van der Waals surface area contributed by atoms with Gasteiger partial charge in [0.1, 0.15) is 0 Å². The van der Waals surface area contributed by atoms with Crippen LogP contribution >= 0.6 is 0 Å². The van der Waals surface area contributed by atoms with Crippen LogP contribution in [0.5, 0.6) is 23.0 Å². The second kappa shape index (κ2) is 17.7. The first-order valence-electron chi connectivity index (χ1n) is 17.3. The van der Waals surface area contributed by atoms with Crippen molar-refractivity contribution < 1.29 is 35.9 Å². The van der Waals surface area contributed by atoms with Gasteiger partial charge in [-0.3, -0.25) is 0 Å². The molecule has 242 valence electrons. The summed E-state index contributed by atoms with van der Waals surface area (Å²) in [5.41, 5.74) is 5.19. The fourth-order valence-corrected chi connectivity index (χ4v) is 7.11. The molecule has 0 unspecified atom stereocenters. The SMILES string of the molecule is CCCCCCCCCCCCCCCCCCc1c2c(OC)c(OC)ccc2cc2[n+]1CCc1cc3c(cc1-2)OCO3.[Cl-]. The molecule has 0 aliphatic carbocycles. The number of rotatable bonds is 19.